The second-order valence-electron chi connectivity index (χ2n) is 4.22. The number of nitrogens with one attached hydrogen (secondary N) is 1. The number of H-pyrrole nitrogens is 1. The Kier molecular flexibility index (Phi) is 2.76. The molecule has 90 valence electrons. The lowest BCUT2D eigenvalue weighted by molar-refractivity contribution is 1.000. The Labute approximate surface area is 110 Å². The van der Waals surface area contributed by atoms with E-state index in [0.717, 1.165) is 22.6 Å². The highest BCUT2D eigenvalue weighted by atomic mass is 35.5. The number of fused-ring (bicyclic) bond motifs is 1. The third-order valence-electron chi connectivity index (χ3n) is 2.84. The molecule has 4 heteroatoms. The van der Waals surface area contributed by atoms with E-state index in [0.29, 0.717) is 5.65 Å². The van der Waals surface area contributed by atoms with Crippen molar-refractivity contribution in [2.45, 2.75) is 12.3 Å². The number of nitrogens with zero attached hydrogens (tertiary/aromatic N) is 2. The highest BCUT2D eigenvalue weighted by Gasteiger charge is 2.15. The van der Waals surface area contributed by atoms with E-state index in [-0.39, 0.29) is 5.38 Å². The summed E-state index contributed by atoms with van der Waals surface area (Å²) in [7, 11) is 0. The Morgan fingerprint density at radius 3 is 2.61 bits per heavy atom. The average molecular weight is 258 g/mol. The van der Waals surface area contributed by atoms with Crippen molar-refractivity contribution in [3.05, 3.63) is 59.5 Å². The van der Waals surface area contributed by atoms with Crippen molar-refractivity contribution < 1.29 is 0 Å². The van der Waals surface area contributed by atoms with Gasteiger partial charge in [0.25, 0.3) is 0 Å². The molecule has 2 aromatic heterocycles. The molecule has 3 nitrogen and oxygen atoms in total. The van der Waals surface area contributed by atoms with Crippen molar-refractivity contribution in [2.75, 3.05) is 0 Å². The molecular formula is C14H12ClN3. The van der Waals surface area contributed by atoms with Crippen molar-refractivity contribution in [2.24, 2.45) is 0 Å². The minimum absolute atomic E-state index is 0.277. The maximum absolute atomic E-state index is 6.42. The quantitative estimate of drug-likeness (QED) is 0.713. The van der Waals surface area contributed by atoms with Crippen LogP contribution in [0, 0.1) is 6.92 Å². The predicted molar refractivity (Wildman–Crippen MR) is 72.8 cm³/mol. The topological polar surface area (TPSA) is 41.6 Å². The van der Waals surface area contributed by atoms with E-state index in [1.807, 2.05) is 49.4 Å². The fourth-order valence-corrected chi connectivity index (χ4v) is 2.15. The molecule has 0 amide bonds. The van der Waals surface area contributed by atoms with Crippen LogP contribution in [-0.2, 0) is 0 Å². The molecule has 0 spiro atoms. The van der Waals surface area contributed by atoms with Gasteiger partial charge in [-0.1, -0.05) is 30.3 Å². The first kappa shape index (κ1) is 11.2. The molecular weight excluding hydrogens is 246 g/mol. The number of imidazole rings is 1. The number of hydrogen-bond donors (Lipinski definition) is 1. The van der Waals surface area contributed by atoms with E-state index in [1.54, 1.807) is 0 Å². The third kappa shape index (κ3) is 1.97. The number of benzene rings is 1. The number of pyridine rings is 1. The molecule has 18 heavy (non-hydrogen) atoms. The van der Waals surface area contributed by atoms with E-state index in [1.165, 1.54) is 0 Å². The van der Waals surface area contributed by atoms with E-state index < -0.39 is 0 Å². The first-order valence-corrected chi connectivity index (χ1v) is 6.20. The van der Waals surface area contributed by atoms with Crippen LogP contribution in [0.25, 0.3) is 11.2 Å². The van der Waals surface area contributed by atoms with Gasteiger partial charge in [-0.05, 0) is 24.6 Å². The van der Waals surface area contributed by atoms with Crippen molar-refractivity contribution in [3.63, 3.8) is 0 Å². The first-order valence-electron chi connectivity index (χ1n) is 5.76. The number of rotatable bonds is 2. The van der Waals surface area contributed by atoms with Crippen molar-refractivity contribution in [3.8, 4) is 0 Å². The number of hydrogen-bond acceptors (Lipinski definition) is 2. The lowest BCUT2D eigenvalue weighted by Crippen LogP contribution is -1.95. The molecule has 1 unspecified atom stereocenters. The zero-order chi connectivity index (χ0) is 12.5. The normalized spacial score (nSPS) is 12.8. The van der Waals surface area contributed by atoms with Gasteiger partial charge >= 0.3 is 0 Å². The van der Waals surface area contributed by atoms with Crippen LogP contribution < -0.4 is 0 Å². The Hall–Kier alpha value is -1.87. The SMILES string of the molecule is Cc1ccc2[nH]c(C(Cl)c3ccccc3)nc2n1. The predicted octanol–water partition coefficient (Wildman–Crippen LogP) is 3.59. The minimum atomic E-state index is -0.277. The second-order valence-corrected chi connectivity index (χ2v) is 4.66. The number of aromatic nitrogens is 3. The van der Waals surface area contributed by atoms with Gasteiger partial charge in [-0.2, -0.15) is 0 Å². The molecule has 0 aliphatic heterocycles. The van der Waals surface area contributed by atoms with Gasteiger partial charge in [0, 0.05) is 5.69 Å². The van der Waals surface area contributed by atoms with Crippen LogP contribution in [0.3, 0.4) is 0 Å². The van der Waals surface area contributed by atoms with Crippen molar-refractivity contribution in [1.29, 1.82) is 0 Å². The number of halogens is 1. The van der Waals surface area contributed by atoms with Crippen molar-refractivity contribution >= 4 is 22.8 Å². The van der Waals surface area contributed by atoms with Gasteiger partial charge in [0.2, 0.25) is 0 Å². The van der Waals surface area contributed by atoms with Gasteiger partial charge in [0.1, 0.15) is 11.2 Å². The summed E-state index contributed by atoms with van der Waals surface area (Å²) < 4.78 is 0. The van der Waals surface area contributed by atoms with Crippen LogP contribution >= 0.6 is 11.6 Å². The maximum atomic E-state index is 6.42. The second kappa shape index (κ2) is 4.42. The van der Waals surface area contributed by atoms with E-state index in [4.69, 9.17) is 11.6 Å². The Morgan fingerprint density at radius 2 is 1.83 bits per heavy atom. The van der Waals surface area contributed by atoms with Crippen LogP contribution in [-0.4, -0.2) is 15.0 Å². The summed E-state index contributed by atoms with van der Waals surface area (Å²) in [5.74, 6) is 0.732. The number of aromatic amines is 1. The maximum Gasteiger partial charge on any atom is 0.178 e. The van der Waals surface area contributed by atoms with E-state index in [2.05, 4.69) is 15.0 Å². The molecule has 3 aromatic rings. The van der Waals surface area contributed by atoms with Gasteiger partial charge < -0.3 is 4.98 Å². The standard InChI is InChI=1S/C14H12ClN3/c1-9-7-8-11-13(16-9)18-14(17-11)12(15)10-5-3-2-4-6-10/h2-8,12H,1H3,(H,16,17,18). The van der Waals surface area contributed by atoms with Gasteiger partial charge in [0.05, 0.1) is 5.52 Å². The van der Waals surface area contributed by atoms with Gasteiger partial charge in [0.15, 0.2) is 5.65 Å². The molecule has 0 saturated carbocycles. The highest BCUT2D eigenvalue weighted by molar-refractivity contribution is 6.22. The fourth-order valence-electron chi connectivity index (χ4n) is 1.91. The van der Waals surface area contributed by atoms with Gasteiger partial charge in [-0.25, -0.2) is 9.97 Å². The third-order valence-corrected chi connectivity index (χ3v) is 3.29. The highest BCUT2D eigenvalue weighted by Crippen LogP contribution is 2.27. The Bertz CT molecular complexity index is 676. The summed E-state index contributed by atoms with van der Waals surface area (Å²) in [6.45, 7) is 1.95. The van der Waals surface area contributed by atoms with Crippen LogP contribution in [0.4, 0.5) is 0 Å². The molecule has 0 saturated heterocycles. The lowest BCUT2D eigenvalue weighted by atomic mass is 10.1. The lowest BCUT2D eigenvalue weighted by Gasteiger charge is -2.05. The molecule has 0 aliphatic carbocycles. The summed E-state index contributed by atoms with van der Waals surface area (Å²) in [5, 5.41) is -0.277. The zero-order valence-corrected chi connectivity index (χ0v) is 10.6. The van der Waals surface area contributed by atoms with Crippen LogP contribution in [0.5, 0.6) is 0 Å². The first-order chi connectivity index (χ1) is 8.74. The molecule has 1 N–H and O–H groups in total. The number of alkyl halides is 1. The Balaban J connectivity index is 2.04. The summed E-state index contributed by atoms with van der Waals surface area (Å²) in [5.41, 5.74) is 3.60. The van der Waals surface area contributed by atoms with E-state index >= 15 is 0 Å². The molecule has 0 radical (unpaired) electrons. The molecule has 0 bridgehead atoms. The molecule has 3 rings (SSSR count). The smallest absolute Gasteiger partial charge is 0.178 e. The van der Waals surface area contributed by atoms with Gasteiger partial charge in [-0.3, -0.25) is 0 Å². The Morgan fingerprint density at radius 1 is 1.06 bits per heavy atom. The largest absolute Gasteiger partial charge is 0.339 e. The van der Waals surface area contributed by atoms with Crippen molar-refractivity contribution in [1.82, 2.24) is 15.0 Å². The molecule has 1 atom stereocenters. The van der Waals surface area contributed by atoms with Crippen LogP contribution in [0.1, 0.15) is 22.5 Å². The van der Waals surface area contributed by atoms with E-state index in [9.17, 15) is 0 Å². The van der Waals surface area contributed by atoms with Crippen LogP contribution in [0.15, 0.2) is 42.5 Å². The molecule has 0 aliphatic rings. The van der Waals surface area contributed by atoms with Crippen LogP contribution in [0.2, 0.25) is 0 Å². The molecule has 1 aromatic carbocycles. The summed E-state index contributed by atoms with van der Waals surface area (Å²) >= 11 is 6.42. The monoisotopic (exact) mass is 257 g/mol. The zero-order valence-electron chi connectivity index (χ0n) is 9.89. The minimum Gasteiger partial charge on any atom is -0.339 e. The summed E-state index contributed by atoms with van der Waals surface area (Å²) in [6.07, 6.45) is 0. The average Bonchev–Trinajstić information content (AvgIpc) is 2.81. The molecule has 2 heterocycles. The summed E-state index contributed by atoms with van der Waals surface area (Å²) in [4.78, 5) is 12.0. The van der Waals surface area contributed by atoms with Gasteiger partial charge in [-0.15, -0.1) is 11.6 Å². The molecule has 0 fully saturated rings. The number of aryl methyl sites for hydroxylation is 1. The summed E-state index contributed by atoms with van der Waals surface area (Å²) in [6, 6.07) is 13.8. The fraction of sp³-hybridized carbons (Fsp3) is 0.143.